The van der Waals surface area contributed by atoms with E-state index in [9.17, 15) is 4.39 Å². The average molecular weight is 260 g/mol. The molecule has 19 heavy (non-hydrogen) atoms. The van der Waals surface area contributed by atoms with Crippen LogP contribution in [0.5, 0.6) is 5.75 Å². The van der Waals surface area contributed by atoms with E-state index in [1.165, 1.54) is 12.3 Å². The van der Waals surface area contributed by atoms with Gasteiger partial charge in [-0.15, -0.1) is 0 Å². The van der Waals surface area contributed by atoms with Gasteiger partial charge in [-0.25, -0.2) is 4.39 Å². The molecule has 1 heterocycles. The van der Waals surface area contributed by atoms with Gasteiger partial charge in [-0.05, 0) is 48.7 Å². The van der Waals surface area contributed by atoms with Gasteiger partial charge >= 0.3 is 0 Å². The number of pyridine rings is 1. The normalized spacial score (nSPS) is 12.3. The summed E-state index contributed by atoms with van der Waals surface area (Å²) in [5, 5.41) is 0. The van der Waals surface area contributed by atoms with Gasteiger partial charge in [0.15, 0.2) is 0 Å². The lowest BCUT2D eigenvalue weighted by molar-refractivity contribution is 0.411. The third-order valence-electron chi connectivity index (χ3n) is 3.19. The lowest BCUT2D eigenvalue weighted by Crippen LogP contribution is -2.15. The number of nitrogens with two attached hydrogens (primary N) is 1. The van der Waals surface area contributed by atoms with Crippen molar-refractivity contribution in [1.29, 1.82) is 0 Å². The van der Waals surface area contributed by atoms with Crippen LogP contribution in [-0.4, -0.2) is 12.1 Å². The molecular formula is C15H17FN2O. The zero-order valence-electron chi connectivity index (χ0n) is 11.3. The van der Waals surface area contributed by atoms with Gasteiger partial charge in [0.1, 0.15) is 11.6 Å². The van der Waals surface area contributed by atoms with Gasteiger partial charge in [0.2, 0.25) is 0 Å². The summed E-state index contributed by atoms with van der Waals surface area (Å²) in [6.07, 6.45) is 1.18. The van der Waals surface area contributed by atoms with Crippen LogP contribution in [-0.2, 0) is 0 Å². The van der Waals surface area contributed by atoms with Crippen molar-refractivity contribution in [3.8, 4) is 5.75 Å². The predicted molar refractivity (Wildman–Crippen MR) is 72.7 cm³/mol. The third kappa shape index (κ3) is 2.74. The van der Waals surface area contributed by atoms with E-state index in [1.54, 1.807) is 13.2 Å². The zero-order valence-corrected chi connectivity index (χ0v) is 11.3. The average Bonchev–Trinajstić information content (AvgIpc) is 2.41. The summed E-state index contributed by atoms with van der Waals surface area (Å²) in [7, 11) is 1.64. The van der Waals surface area contributed by atoms with Crippen LogP contribution in [0.3, 0.4) is 0 Å². The molecule has 1 aromatic heterocycles. The standard InChI is InChI=1S/C15H17FN2O/c1-9-7-14(19-3)10(2)6-12(9)15(17)13-5-4-11(16)8-18-13/h4-8,15H,17H2,1-3H3. The Morgan fingerprint density at radius 3 is 2.53 bits per heavy atom. The Balaban J connectivity index is 2.41. The largest absolute Gasteiger partial charge is 0.496 e. The lowest BCUT2D eigenvalue weighted by atomic mass is 9.96. The van der Waals surface area contributed by atoms with E-state index in [0.29, 0.717) is 5.69 Å². The van der Waals surface area contributed by atoms with Crippen LogP contribution >= 0.6 is 0 Å². The summed E-state index contributed by atoms with van der Waals surface area (Å²) >= 11 is 0. The predicted octanol–water partition coefficient (Wildman–Crippen LogP) is 2.89. The number of nitrogens with zero attached hydrogens (tertiary/aromatic N) is 1. The smallest absolute Gasteiger partial charge is 0.141 e. The molecule has 1 aromatic carbocycles. The van der Waals surface area contributed by atoms with Crippen molar-refractivity contribution >= 4 is 0 Å². The second kappa shape index (κ2) is 5.36. The Morgan fingerprint density at radius 2 is 1.95 bits per heavy atom. The quantitative estimate of drug-likeness (QED) is 0.923. The van der Waals surface area contributed by atoms with Crippen LogP contribution in [0.15, 0.2) is 30.5 Å². The van der Waals surface area contributed by atoms with Crippen molar-refractivity contribution in [3.63, 3.8) is 0 Å². The van der Waals surface area contributed by atoms with Crippen molar-refractivity contribution < 1.29 is 9.13 Å². The zero-order chi connectivity index (χ0) is 14.0. The first kappa shape index (κ1) is 13.5. The monoisotopic (exact) mass is 260 g/mol. The van der Waals surface area contributed by atoms with Crippen molar-refractivity contribution in [3.05, 3.63) is 58.7 Å². The first-order valence-corrected chi connectivity index (χ1v) is 6.05. The molecule has 0 aliphatic rings. The van der Waals surface area contributed by atoms with E-state index in [1.807, 2.05) is 26.0 Å². The Hall–Kier alpha value is -1.94. The number of hydrogen-bond donors (Lipinski definition) is 1. The van der Waals surface area contributed by atoms with Crippen LogP contribution in [0, 0.1) is 19.7 Å². The molecule has 0 radical (unpaired) electrons. The summed E-state index contributed by atoms with van der Waals surface area (Å²) in [6, 6.07) is 6.55. The SMILES string of the molecule is COc1cc(C)c(C(N)c2ccc(F)cn2)cc1C. The number of hydrogen-bond acceptors (Lipinski definition) is 3. The van der Waals surface area contributed by atoms with Gasteiger partial charge in [-0.1, -0.05) is 6.07 Å². The summed E-state index contributed by atoms with van der Waals surface area (Å²) in [5.74, 6) is 0.471. The Bertz CT molecular complexity index is 581. The molecule has 0 spiro atoms. The molecule has 0 saturated carbocycles. The molecule has 4 heteroatoms. The minimum absolute atomic E-state index is 0.362. The van der Waals surface area contributed by atoms with E-state index in [-0.39, 0.29) is 11.9 Å². The topological polar surface area (TPSA) is 48.1 Å². The molecule has 0 aliphatic carbocycles. The fourth-order valence-electron chi connectivity index (χ4n) is 2.10. The van der Waals surface area contributed by atoms with E-state index in [2.05, 4.69) is 4.98 Å². The summed E-state index contributed by atoms with van der Waals surface area (Å²) < 4.78 is 18.2. The Labute approximate surface area is 112 Å². The highest BCUT2D eigenvalue weighted by atomic mass is 19.1. The van der Waals surface area contributed by atoms with E-state index >= 15 is 0 Å². The number of rotatable bonds is 3. The number of aromatic nitrogens is 1. The van der Waals surface area contributed by atoms with Crippen LogP contribution in [0.2, 0.25) is 0 Å². The molecule has 0 aliphatic heterocycles. The highest BCUT2D eigenvalue weighted by molar-refractivity contribution is 5.44. The Kier molecular flexibility index (Phi) is 3.81. The van der Waals surface area contributed by atoms with Crippen LogP contribution in [0.4, 0.5) is 4.39 Å². The molecule has 0 amide bonds. The molecule has 0 saturated heterocycles. The maximum atomic E-state index is 12.9. The van der Waals surface area contributed by atoms with Gasteiger partial charge < -0.3 is 10.5 Å². The summed E-state index contributed by atoms with van der Waals surface area (Å²) in [5.41, 5.74) is 9.86. The molecule has 0 fully saturated rings. The van der Waals surface area contributed by atoms with Gasteiger partial charge in [0.25, 0.3) is 0 Å². The van der Waals surface area contributed by atoms with Crippen LogP contribution in [0.1, 0.15) is 28.4 Å². The highest BCUT2D eigenvalue weighted by Gasteiger charge is 2.15. The van der Waals surface area contributed by atoms with E-state index in [4.69, 9.17) is 10.5 Å². The first-order chi connectivity index (χ1) is 9.02. The first-order valence-electron chi connectivity index (χ1n) is 6.05. The maximum Gasteiger partial charge on any atom is 0.141 e. The molecule has 1 unspecified atom stereocenters. The van der Waals surface area contributed by atoms with Crippen molar-refractivity contribution in [1.82, 2.24) is 4.98 Å². The molecule has 2 N–H and O–H groups in total. The fourth-order valence-corrected chi connectivity index (χ4v) is 2.10. The van der Waals surface area contributed by atoms with Gasteiger partial charge in [-0.2, -0.15) is 0 Å². The van der Waals surface area contributed by atoms with Crippen LogP contribution in [0.25, 0.3) is 0 Å². The minimum Gasteiger partial charge on any atom is -0.496 e. The van der Waals surface area contributed by atoms with Crippen molar-refractivity contribution in [2.75, 3.05) is 7.11 Å². The number of methoxy groups -OCH3 is 1. The maximum absolute atomic E-state index is 12.9. The molecule has 2 aromatic rings. The summed E-state index contributed by atoms with van der Waals surface area (Å²) in [4.78, 5) is 4.04. The van der Waals surface area contributed by atoms with Crippen LogP contribution < -0.4 is 10.5 Å². The van der Waals surface area contributed by atoms with Crippen molar-refractivity contribution in [2.24, 2.45) is 5.73 Å². The number of ether oxygens (including phenoxy) is 1. The molecule has 3 nitrogen and oxygen atoms in total. The highest BCUT2D eigenvalue weighted by Crippen LogP contribution is 2.28. The Morgan fingerprint density at radius 1 is 1.21 bits per heavy atom. The van der Waals surface area contributed by atoms with Gasteiger partial charge in [-0.3, -0.25) is 4.98 Å². The molecule has 0 bridgehead atoms. The third-order valence-corrected chi connectivity index (χ3v) is 3.19. The molecule has 2 rings (SSSR count). The number of halogens is 1. The second-order valence-corrected chi connectivity index (χ2v) is 4.56. The molecule has 100 valence electrons. The number of benzene rings is 1. The molecular weight excluding hydrogens is 243 g/mol. The second-order valence-electron chi connectivity index (χ2n) is 4.56. The molecule has 1 atom stereocenters. The van der Waals surface area contributed by atoms with Gasteiger partial charge in [0, 0.05) is 0 Å². The van der Waals surface area contributed by atoms with E-state index < -0.39 is 0 Å². The minimum atomic E-state index is -0.370. The fraction of sp³-hybridized carbons (Fsp3) is 0.267. The number of aryl methyl sites for hydroxylation is 2. The van der Waals surface area contributed by atoms with E-state index in [0.717, 1.165) is 22.4 Å². The van der Waals surface area contributed by atoms with Crippen molar-refractivity contribution in [2.45, 2.75) is 19.9 Å². The van der Waals surface area contributed by atoms with Gasteiger partial charge in [0.05, 0.1) is 25.0 Å². The lowest BCUT2D eigenvalue weighted by Gasteiger charge is -2.17. The summed E-state index contributed by atoms with van der Waals surface area (Å²) in [6.45, 7) is 3.94.